The Kier molecular flexibility index (Phi) is 9.95. The number of fused-ring (bicyclic) bond motifs is 11. The fraction of sp³-hybridized carbons (Fsp3) is 0.143. The third kappa shape index (κ3) is 10.3. The van der Waals surface area contributed by atoms with Crippen LogP contribution in [0, 0.1) is 25.3 Å². The molecule has 2 aliphatic rings. The van der Waals surface area contributed by atoms with Crippen LogP contribution in [0.4, 0.5) is 0 Å². The van der Waals surface area contributed by atoms with Crippen LogP contribution in [0.15, 0.2) is 279 Å². The summed E-state index contributed by atoms with van der Waals surface area (Å²) in [5.41, 5.74) is -6.44. The van der Waals surface area contributed by atoms with Crippen molar-refractivity contribution in [1.29, 1.82) is 0 Å². The molecule has 12 aromatic carbocycles. The summed E-state index contributed by atoms with van der Waals surface area (Å²) in [5.74, 6) is 0.329. The van der Waals surface area contributed by atoms with Crippen LogP contribution in [0.2, 0.25) is 0 Å². The second-order valence-corrected chi connectivity index (χ2v) is 29.5. The molecule has 0 N–H and O–H groups in total. The van der Waals surface area contributed by atoms with Crippen LogP contribution in [0.3, 0.4) is 0 Å². The van der Waals surface area contributed by atoms with Crippen molar-refractivity contribution in [2.75, 3.05) is 0 Å². The van der Waals surface area contributed by atoms with Gasteiger partial charge in [0.05, 0.1) is 27.7 Å². The summed E-state index contributed by atoms with van der Waals surface area (Å²) < 4.78 is 244. The monoisotopic (exact) mass is 1490 g/mol. The minimum atomic E-state index is -4.31. The number of hydrogen-bond donors (Lipinski definition) is 0. The van der Waals surface area contributed by atoms with E-state index in [9.17, 15) is 17.8 Å². The molecule has 1 aliphatic heterocycles. The molecule has 4 heterocycles. The Morgan fingerprint density at radius 3 is 1.83 bits per heavy atom. The van der Waals surface area contributed by atoms with E-state index in [1.165, 1.54) is 12.3 Å². The standard InChI is InChI=1S/C91H74N4OSi.Pt/c1-60-51-86(92-58-80(60)61-27-13-9-14-28-61)95-83-48-45-70(97(67-31-15-10-16-32-67,68-33-17-11-18-34-68)69-35-19-12-20-36-69)57-78(83)75-46-44-66(56-85(75)95)96-65-30-25-29-64(55-65)93-59-94-87-77(62-43-47-81-82(52-62)91(7,8)50-49-90(81,5)6)53-63(89(2,3)4)54-79(87)74-40-24-22-38-72(74)71-37-21-23-39-73(71)76-41-26-42-84(93)88(76)94;/h9-48,51-54,57-58H,49-50H2,1-8H3;/q-2;/i1D3,5D,6D3,7D3,8D3,9D,13D,14D,27D,28D,43D,47D,49D2,50D2,52D;. The number of hydrogen-bond acceptors (Lipinski definition) is 2. The van der Waals surface area contributed by atoms with Crippen molar-refractivity contribution < 1.29 is 64.6 Å². The van der Waals surface area contributed by atoms with Crippen molar-refractivity contribution in [3.8, 4) is 84.3 Å². The van der Waals surface area contributed by atoms with Crippen LogP contribution in [0.25, 0.3) is 106 Å². The van der Waals surface area contributed by atoms with Gasteiger partial charge < -0.3 is 13.9 Å². The summed E-state index contributed by atoms with van der Waals surface area (Å²) in [7, 11) is -3.24. The van der Waals surface area contributed by atoms with Crippen LogP contribution in [0.1, 0.15) is 117 Å². The van der Waals surface area contributed by atoms with E-state index in [4.69, 9.17) is 26.2 Å². The molecular weight excluding hydrogens is 1390 g/mol. The SMILES string of the molecule is [2H]CC1(C([2H])([2H])[2H])c2c([2H])c([2H])c(-c3cc(C(C)(C)C)cc4c3-[n+]3[c-]n(-c5[c-]c(Oc6[c-]c7c(cc6)c6cc([Si](c8ccccc8)(c8ccccc8)c8ccccc8)ccc6n7-c6cc(C([2H])([2H])[2H])c(-c7c([2H])c([2H])c([2H])c([2H])c7[2H])cn6)ccc5)c5cccc(c53)-c3ccccc3-c3ccccc3-4)c([2H])c2C(C([2H])([2H])[2H])(C([2H])([2H])[2H])C([2H])([2H])C1([2H])[2H].[Pt]. The van der Waals surface area contributed by atoms with E-state index in [0.717, 1.165) is 26.3 Å². The maximum Gasteiger partial charge on any atom is 0.268 e. The zero-order valence-corrected chi connectivity index (χ0v) is 56.4. The molecule has 17 rings (SSSR count). The van der Waals surface area contributed by atoms with Gasteiger partial charge in [-0.15, -0.1) is 29.7 Å². The van der Waals surface area contributed by atoms with E-state index in [1.54, 1.807) is 44.0 Å². The fourth-order valence-electron chi connectivity index (χ4n) is 14.2. The molecule has 1 aliphatic carbocycles. The normalized spacial score (nSPS) is 19.9. The number of aryl methyl sites for hydroxylation is 1. The summed E-state index contributed by atoms with van der Waals surface area (Å²) >= 11 is 0. The molecule has 0 spiro atoms. The number of pyridine rings is 1. The molecule has 98 heavy (non-hydrogen) atoms. The van der Waals surface area contributed by atoms with Gasteiger partial charge >= 0.3 is 0 Å². The van der Waals surface area contributed by atoms with Gasteiger partial charge in [-0.05, 0) is 152 Å². The van der Waals surface area contributed by atoms with E-state index in [2.05, 4.69) is 67.0 Å². The number of imidazole rings is 1. The van der Waals surface area contributed by atoms with E-state index in [-0.39, 0.29) is 66.3 Å². The summed E-state index contributed by atoms with van der Waals surface area (Å²) in [5, 5.41) is 5.63. The Bertz CT molecular complexity index is 6700. The molecule has 0 radical (unpaired) electrons. The predicted octanol–water partition coefficient (Wildman–Crippen LogP) is 19.6. The first-order chi connectivity index (χ1) is 57.5. The van der Waals surface area contributed by atoms with Gasteiger partial charge in [-0.1, -0.05) is 284 Å². The molecule has 0 fully saturated rings. The molecule has 7 heteroatoms. The fourth-order valence-corrected chi connectivity index (χ4v) is 19.0. The number of benzene rings is 12. The first-order valence-electron chi connectivity index (χ1n) is 44.5. The zero-order chi connectivity index (χ0) is 87.2. The number of ether oxygens (including phenoxy) is 1. The summed E-state index contributed by atoms with van der Waals surface area (Å²) in [4.78, 5) is 4.92. The van der Waals surface area contributed by atoms with Gasteiger partial charge in [0.2, 0.25) is 0 Å². The molecular formula is C91H74N4OPtSi-2. The van der Waals surface area contributed by atoms with Crippen LogP contribution >= 0.6 is 0 Å². The van der Waals surface area contributed by atoms with E-state index < -0.39 is 136 Å². The molecule has 3 aromatic heterocycles. The number of aromatic nitrogens is 4. The molecule has 15 aromatic rings. The maximum absolute atomic E-state index is 10.7. The number of rotatable bonds is 10. The largest absolute Gasteiger partial charge is 0.510 e. The van der Waals surface area contributed by atoms with Gasteiger partial charge in [-0.3, -0.25) is 4.57 Å². The molecule has 0 amide bonds. The van der Waals surface area contributed by atoms with Gasteiger partial charge in [-0.25, -0.2) is 4.98 Å². The van der Waals surface area contributed by atoms with Gasteiger partial charge in [0.25, 0.3) is 6.33 Å². The Balaban J connectivity index is 0.0000112. The Morgan fingerprint density at radius 1 is 0.541 bits per heavy atom. The molecule has 5 nitrogen and oxygen atoms in total. The van der Waals surface area contributed by atoms with Crippen LogP contribution < -0.4 is 30.1 Å². The third-order valence-corrected chi connectivity index (χ3v) is 23.5. The average Bonchev–Trinajstić information content (AvgIpc) is 0.915. The minimum Gasteiger partial charge on any atom is -0.510 e. The molecule has 0 saturated carbocycles. The van der Waals surface area contributed by atoms with Gasteiger partial charge in [0.15, 0.2) is 8.07 Å². The van der Waals surface area contributed by atoms with Crippen LogP contribution in [-0.4, -0.2) is 22.2 Å². The van der Waals surface area contributed by atoms with Crippen LogP contribution in [0.5, 0.6) is 11.5 Å². The summed E-state index contributed by atoms with van der Waals surface area (Å²) in [6.07, 6.45) is -3.62. The third-order valence-electron chi connectivity index (χ3n) is 18.8. The molecule has 1 unspecified atom stereocenters. The van der Waals surface area contributed by atoms with Crippen molar-refractivity contribution in [3.63, 3.8) is 0 Å². The second kappa shape index (κ2) is 24.1. The van der Waals surface area contributed by atoms with Crippen molar-refractivity contribution in [2.24, 2.45) is 0 Å². The minimum absolute atomic E-state index is 0. The molecule has 0 saturated heterocycles. The van der Waals surface area contributed by atoms with Gasteiger partial charge in [0.1, 0.15) is 5.82 Å². The Labute approximate surface area is 625 Å². The summed E-state index contributed by atoms with van der Waals surface area (Å²) in [6.45, 7) is -11.1. The van der Waals surface area contributed by atoms with E-state index in [0.29, 0.717) is 71.9 Å². The topological polar surface area (TPSA) is 35.9 Å². The molecule has 480 valence electrons. The van der Waals surface area contributed by atoms with Crippen molar-refractivity contribution in [3.05, 3.63) is 320 Å². The van der Waals surface area contributed by atoms with E-state index >= 15 is 0 Å². The predicted molar refractivity (Wildman–Crippen MR) is 403 cm³/mol. The number of para-hydroxylation sites is 1. The number of nitrogens with zero attached hydrogens (tertiary/aromatic N) is 4. The Hall–Kier alpha value is -10.2. The van der Waals surface area contributed by atoms with Gasteiger partial charge in [-0.2, -0.15) is 18.2 Å². The second-order valence-electron chi connectivity index (χ2n) is 25.7. The zero-order valence-electron chi connectivity index (χ0n) is 78.2. The quantitative estimate of drug-likeness (QED) is 0.0592. The maximum atomic E-state index is 10.7. The van der Waals surface area contributed by atoms with Gasteiger partial charge in [0, 0.05) is 73.1 Å². The summed E-state index contributed by atoms with van der Waals surface area (Å²) in [6, 6.07) is 71.8. The van der Waals surface area contributed by atoms with Crippen LogP contribution in [-0.2, 0) is 37.3 Å². The first-order valence-corrected chi connectivity index (χ1v) is 33.8. The molecule has 1 atom stereocenters. The Morgan fingerprint density at radius 2 is 1.16 bits per heavy atom. The first kappa shape index (κ1) is 40.5. The average molecular weight is 1490 g/mol. The molecule has 0 bridgehead atoms. The van der Waals surface area contributed by atoms with Crippen molar-refractivity contribution in [1.82, 2.24) is 14.1 Å². The van der Waals surface area contributed by atoms with E-state index in [1.807, 2.05) is 160 Å². The van der Waals surface area contributed by atoms with Crippen molar-refractivity contribution in [2.45, 2.75) is 84.1 Å². The van der Waals surface area contributed by atoms with Crippen molar-refractivity contribution >= 4 is 61.7 Å². The smallest absolute Gasteiger partial charge is 0.268 e.